The maximum absolute atomic E-state index is 12.6. The Kier molecular flexibility index (Phi) is 6.35. The number of aromatic nitrogens is 1. The molecule has 23 heavy (non-hydrogen) atoms. The minimum absolute atomic E-state index is 0.0918. The molecule has 1 amide bonds. The lowest BCUT2D eigenvalue weighted by Gasteiger charge is -2.19. The average molecular weight is 315 g/mol. The van der Waals surface area contributed by atoms with Gasteiger partial charge in [-0.1, -0.05) is 49.3 Å². The van der Waals surface area contributed by atoms with Crippen LogP contribution in [0.15, 0.2) is 40.9 Å². The Morgan fingerprint density at radius 3 is 2.35 bits per heavy atom. The minimum atomic E-state index is -0.0918. The van der Waals surface area contributed by atoms with Gasteiger partial charge < -0.3 is 9.42 Å². The first-order chi connectivity index (χ1) is 11.2. The molecule has 1 heterocycles. The number of carbonyl (C=O) groups excluding carboxylic acids is 1. The second-order valence-electron chi connectivity index (χ2n) is 5.44. The largest absolute Gasteiger partial charge is 0.359 e. The van der Waals surface area contributed by atoms with E-state index in [0.29, 0.717) is 25.3 Å². The smallest absolute Gasteiger partial charge is 0.276 e. The Balaban J connectivity index is 2.04. The van der Waals surface area contributed by atoms with Crippen LogP contribution in [0, 0.1) is 0 Å². The Morgan fingerprint density at radius 2 is 1.74 bits per heavy atom. The molecule has 2 rings (SSSR count). The summed E-state index contributed by atoms with van der Waals surface area (Å²) in [4.78, 5) is 16.6. The number of hydrogen-bond donors (Lipinski definition) is 0. The Hall–Kier alpha value is -2.14. The summed E-state index contributed by atoms with van der Waals surface area (Å²) < 4.78 is 5.33. The maximum Gasteiger partial charge on any atom is 0.276 e. The van der Waals surface area contributed by atoms with E-state index in [4.69, 9.17) is 4.52 Å². The van der Waals surface area contributed by atoms with Crippen LogP contribution in [0.4, 0.5) is 0 Å². The van der Waals surface area contributed by atoms with Gasteiger partial charge in [-0.05, 0) is 25.6 Å². The maximum atomic E-state index is 12.6. The van der Waals surface area contributed by atoms with Crippen molar-refractivity contribution in [3.8, 4) is 0 Å². The van der Waals surface area contributed by atoms with E-state index in [0.717, 1.165) is 24.4 Å². The summed E-state index contributed by atoms with van der Waals surface area (Å²) >= 11 is 0. The van der Waals surface area contributed by atoms with Gasteiger partial charge in [0.05, 0.1) is 6.54 Å². The molecule has 0 spiro atoms. The van der Waals surface area contributed by atoms with E-state index in [9.17, 15) is 4.79 Å². The molecule has 0 aliphatic rings. The van der Waals surface area contributed by atoms with E-state index >= 15 is 0 Å². The van der Waals surface area contributed by atoms with Gasteiger partial charge in [-0.15, -0.1) is 0 Å². The van der Waals surface area contributed by atoms with E-state index in [2.05, 4.69) is 23.9 Å². The van der Waals surface area contributed by atoms with Gasteiger partial charge in [-0.2, -0.15) is 0 Å². The summed E-state index contributed by atoms with van der Waals surface area (Å²) in [5, 5.41) is 3.96. The quantitative estimate of drug-likeness (QED) is 0.751. The van der Waals surface area contributed by atoms with E-state index in [1.807, 2.05) is 37.3 Å². The van der Waals surface area contributed by atoms with Crippen molar-refractivity contribution < 1.29 is 9.32 Å². The van der Waals surface area contributed by atoms with Crippen molar-refractivity contribution in [2.75, 3.05) is 19.6 Å². The SMILES string of the molecule is CCN(CC)Cc1cc(C(=O)N(CC)Cc2ccccc2)no1. The van der Waals surface area contributed by atoms with Crippen LogP contribution in [0.5, 0.6) is 0 Å². The molecule has 0 N–H and O–H groups in total. The van der Waals surface area contributed by atoms with Crippen molar-refractivity contribution in [3.05, 3.63) is 53.4 Å². The van der Waals surface area contributed by atoms with Crippen LogP contribution in [-0.4, -0.2) is 40.5 Å². The molecular weight excluding hydrogens is 290 g/mol. The van der Waals surface area contributed by atoms with Gasteiger partial charge >= 0.3 is 0 Å². The van der Waals surface area contributed by atoms with Crippen LogP contribution in [-0.2, 0) is 13.1 Å². The third-order valence-corrected chi connectivity index (χ3v) is 3.94. The van der Waals surface area contributed by atoms with Gasteiger partial charge in [0.25, 0.3) is 5.91 Å². The van der Waals surface area contributed by atoms with Gasteiger partial charge in [-0.25, -0.2) is 0 Å². The second-order valence-corrected chi connectivity index (χ2v) is 5.44. The molecule has 0 fully saturated rings. The lowest BCUT2D eigenvalue weighted by Crippen LogP contribution is -2.30. The number of rotatable bonds is 8. The zero-order chi connectivity index (χ0) is 16.7. The lowest BCUT2D eigenvalue weighted by molar-refractivity contribution is 0.0742. The Labute approximate surface area is 137 Å². The van der Waals surface area contributed by atoms with Crippen molar-refractivity contribution in [3.63, 3.8) is 0 Å². The fourth-order valence-electron chi connectivity index (χ4n) is 2.45. The molecule has 5 nitrogen and oxygen atoms in total. The van der Waals surface area contributed by atoms with Crippen molar-refractivity contribution in [2.45, 2.75) is 33.9 Å². The van der Waals surface area contributed by atoms with Crippen molar-refractivity contribution in [1.29, 1.82) is 0 Å². The molecule has 124 valence electrons. The van der Waals surface area contributed by atoms with Crippen LogP contribution in [0.3, 0.4) is 0 Å². The normalized spacial score (nSPS) is 11.0. The second kappa shape index (κ2) is 8.48. The third-order valence-electron chi connectivity index (χ3n) is 3.94. The van der Waals surface area contributed by atoms with Crippen molar-refractivity contribution >= 4 is 5.91 Å². The first-order valence-corrected chi connectivity index (χ1v) is 8.19. The first-order valence-electron chi connectivity index (χ1n) is 8.19. The highest BCUT2D eigenvalue weighted by atomic mass is 16.5. The molecule has 0 aliphatic carbocycles. The predicted octanol–water partition coefficient (Wildman–Crippen LogP) is 3.18. The van der Waals surface area contributed by atoms with E-state index in [1.165, 1.54) is 0 Å². The fourth-order valence-corrected chi connectivity index (χ4v) is 2.45. The molecule has 2 aromatic rings. The highest BCUT2D eigenvalue weighted by Gasteiger charge is 2.19. The molecule has 1 aromatic heterocycles. The molecule has 0 saturated carbocycles. The molecule has 0 bridgehead atoms. The molecule has 0 aliphatic heterocycles. The number of carbonyl (C=O) groups is 1. The van der Waals surface area contributed by atoms with Crippen molar-refractivity contribution in [2.24, 2.45) is 0 Å². The van der Waals surface area contributed by atoms with E-state index in [-0.39, 0.29) is 5.91 Å². The van der Waals surface area contributed by atoms with Gasteiger partial charge in [0, 0.05) is 19.2 Å². The van der Waals surface area contributed by atoms with Crippen molar-refractivity contribution in [1.82, 2.24) is 15.0 Å². The van der Waals surface area contributed by atoms with Crippen LogP contribution in [0.25, 0.3) is 0 Å². The summed E-state index contributed by atoms with van der Waals surface area (Å²) in [5.74, 6) is 0.638. The lowest BCUT2D eigenvalue weighted by atomic mass is 10.2. The average Bonchev–Trinajstić information content (AvgIpc) is 3.06. The molecule has 0 saturated heterocycles. The van der Waals surface area contributed by atoms with Crippen LogP contribution >= 0.6 is 0 Å². The van der Waals surface area contributed by atoms with Crippen LogP contribution < -0.4 is 0 Å². The summed E-state index contributed by atoms with van der Waals surface area (Å²) in [6.07, 6.45) is 0. The summed E-state index contributed by atoms with van der Waals surface area (Å²) in [7, 11) is 0. The molecule has 0 unspecified atom stereocenters. The zero-order valence-electron chi connectivity index (χ0n) is 14.2. The molecule has 1 aromatic carbocycles. The number of nitrogens with zero attached hydrogens (tertiary/aromatic N) is 3. The summed E-state index contributed by atoms with van der Waals surface area (Å²) in [5.41, 5.74) is 1.49. The fraction of sp³-hybridized carbons (Fsp3) is 0.444. The van der Waals surface area contributed by atoms with E-state index < -0.39 is 0 Å². The van der Waals surface area contributed by atoms with Crippen LogP contribution in [0.1, 0.15) is 42.6 Å². The topological polar surface area (TPSA) is 49.6 Å². The number of benzene rings is 1. The van der Waals surface area contributed by atoms with E-state index in [1.54, 1.807) is 11.0 Å². The molecule has 0 atom stereocenters. The number of hydrogen-bond acceptors (Lipinski definition) is 4. The van der Waals surface area contributed by atoms with Gasteiger partial charge in [0.1, 0.15) is 0 Å². The number of amides is 1. The first kappa shape index (κ1) is 17.2. The zero-order valence-corrected chi connectivity index (χ0v) is 14.2. The van der Waals surface area contributed by atoms with Gasteiger partial charge in [-0.3, -0.25) is 9.69 Å². The highest BCUT2D eigenvalue weighted by Crippen LogP contribution is 2.12. The monoisotopic (exact) mass is 315 g/mol. The third kappa shape index (κ3) is 4.66. The highest BCUT2D eigenvalue weighted by molar-refractivity contribution is 5.92. The van der Waals surface area contributed by atoms with Gasteiger partial charge in [0.2, 0.25) is 0 Å². The van der Waals surface area contributed by atoms with Gasteiger partial charge in [0.15, 0.2) is 11.5 Å². The predicted molar refractivity (Wildman–Crippen MR) is 90.0 cm³/mol. The standard InChI is InChI=1S/C18H25N3O2/c1-4-20(5-2)14-16-12-17(19-23-16)18(22)21(6-3)13-15-10-8-7-9-11-15/h7-12H,4-6,13-14H2,1-3H3. The Morgan fingerprint density at radius 1 is 1.04 bits per heavy atom. The molecule has 0 radical (unpaired) electrons. The molecule has 5 heteroatoms. The Bertz CT molecular complexity index is 606. The molecular formula is C18H25N3O2. The summed E-state index contributed by atoms with van der Waals surface area (Å²) in [6.45, 7) is 9.94. The summed E-state index contributed by atoms with van der Waals surface area (Å²) in [6, 6.07) is 11.7. The minimum Gasteiger partial charge on any atom is -0.359 e. The van der Waals surface area contributed by atoms with Crippen LogP contribution in [0.2, 0.25) is 0 Å².